The van der Waals surface area contributed by atoms with Gasteiger partial charge in [-0.15, -0.1) is 11.3 Å². The largest absolute Gasteiger partial charge is 0.494 e. The molecular formula is C19H25N3O2S. The number of rotatable bonds is 7. The Bertz CT molecular complexity index is 729. The van der Waals surface area contributed by atoms with Crippen LogP contribution in [0, 0.1) is 0 Å². The first kappa shape index (κ1) is 17.6. The molecule has 25 heavy (non-hydrogen) atoms. The number of thiophene rings is 1. The number of fused-ring (bicyclic) bond motifs is 1. The number of guanidine groups is 1. The fraction of sp³-hybridized carbons (Fsp3) is 0.421. The molecule has 1 aliphatic rings. The lowest BCUT2D eigenvalue weighted by Crippen LogP contribution is -2.33. The SMILES string of the molecule is CCOc1cc2c(cc1CN=C(N)NCCc1cccs1)OC(C)C2. The minimum absolute atomic E-state index is 0.215. The van der Waals surface area contributed by atoms with Crippen molar-refractivity contribution in [1.82, 2.24) is 5.32 Å². The van der Waals surface area contributed by atoms with Gasteiger partial charge < -0.3 is 20.5 Å². The van der Waals surface area contributed by atoms with Crippen LogP contribution in [-0.4, -0.2) is 25.2 Å². The average Bonchev–Trinajstić information content (AvgIpc) is 3.21. The van der Waals surface area contributed by atoms with E-state index in [1.807, 2.05) is 13.0 Å². The predicted octanol–water partition coefficient (Wildman–Crippen LogP) is 3.12. The minimum Gasteiger partial charge on any atom is -0.494 e. The highest BCUT2D eigenvalue weighted by molar-refractivity contribution is 7.09. The number of hydrogen-bond acceptors (Lipinski definition) is 4. The summed E-state index contributed by atoms with van der Waals surface area (Å²) in [5.74, 6) is 2.26. The first-order valence-corrected chi connectivity index (χ1v) is 9.55. The molecule has 0 aliphatic carbocycles. The Labute approximate surface area is 152 Å². The average molecular weight is 359 g/mol. The smallest absolute Gasteiger partial charge is 0.188 e. The van der Waals surface area contributed by atoms with Gasteiger partial charge in [-0.05, 0) is 43.8 Å². The molecule has 6 heteroatoms. The fourth-order valence-electron chi connectivity index (χ4n) is 2.89. The van der Waals surface area contributed by atoms with Crippen molar-refractivity contribution in [3.63, 3.8) is 0 Å². The Balaban J connectivity index is 1.61. The topological polar surface area (TPSA) is 68.9 Å². The highest BCUT2D eigenvalue weighted by Gasteiger charge is 2.21. The van der Waals surface area contributed by atoms with Gasteiger partial charge in [0.15, 0.2) is 5.96 Å². The number of ether oxygens (including phenoxy) is 2. The zero-order valence-electron chi connectivity index (χ0n) is 14.7. The van der Waals surface area contributed by atoms with Crippen LogP contribution in [0.5, 0.6) is 11.5 Å². The molecule has 2 aromatic rings. The van der Waals surface area contributed by atoms with Gasteiger partial charge in [0, 0.05) is 29.0 Å². The van der Waals surface area contributed by atoms with Crippen molar-refractivity contribution in [1.29, 1.82) is 0 Å². The van der Waals surface area contributed by atoms with Crippen LogP contribution in [0.1, 0.15) is 29.9 Å². The number of aliphatic imine (C=N–C) groups is 1. The van der Waals surface area contributed by atoms with Gasteiger partial charge >= 0.3 is 0 Å². The molecule has 3 N–H and O–H groups in total. The highest BCUT2D eigenvalue weighted by Crippen LogP contribution is 2.35. The van der Waals surface area contributed by atoms with Crippen LogP contribution in [-0.2, 0) is 19.4 Å². The van der Waals surface area contributed by atoms with Gasteiger partial charge in [0.25, 0.3) is 0 Å². The molecule has 1 aromatic carbocycles. The summed E-state index contributed by atoms with van der Waals surface area (Å²) in [6.45, 7) is 5.94. The molecule has 134 valence electrons. The summed E-state index contributed by atoms with van der Waals surface area (Å²) in [6, 6.07) is 8.29. The maximum atomic E-state index is 5.99. The molecule has 0 fully saturated rings. The monoisotopic (exact) mass is 359 g/mol. The lowest BCUT2D eigenvalue weighted by molar-refractivity contribution is 0.254. The summed E-state index contributed by atoms with van der Waals surface area (Å²) in [7, 11) is 0. The van der Waals surface area contributed by atoms with Crippen molar-refractivity contribution in [3.05, 3.63) is 45.6 Å². The van der Waals surface area contributed by atoms with E-state index in [2.05, 4.69) is 40.8 Å². The summed E-state index contributed by atoms with van der Waals surface area (Å²) in [5, 5.41) is 5.25. The number of nitrogens with zero attached hydrogens (tertiary/aromatic N) is 1. The first-order chi connectivity index (χ1) is 12.2. The molecule has 1 atom stereocenters. The van der Waals surface area contributed by atoms with Crippen LogP contribution >= 0.6 is 11.3 Å². The van der Waals surface area contributed by atoms with Gasteiger partial charge in [0.2, 0.25) is 0 Å². The Hall–Kier alpha value is -2.21. The Morgan fingerprint density at radius 3 is 3.12 bits per heavy atom. The van der Waals surface area contributed by atoms with Crippen LogP contribution in [0.25, 0.3) is 0 Å². The van der Waals surface area contributed by atoms with Crippen LogP contribution in [0.3, 0.4) is 0 Å². The van der Waals surface area contributed by atoms with Crippen molar-refractivity contribution < 1.29 is 9.47 Å². The standard InChI is InChI=1S/C19H25N3O2S/c1-3-23-17-10-14-9-13(2)24-18(14)11-15(17)12-22-19(20)21-7-6-16-5-4-8-25-16/h4-5,8,10-11,13H,3,6-7,9,12H2,1-2H3,(H3,20,21,22). The minimum atomic E-state index is 0.215. The molecule has 0 saturated carbocycles. The van der Waals surface area contributed by atoms with Gasteiger partial charge in [-0.1, -0.05) is 6.07 Å². The van der Waals surface area contributed by atoms with Gasteiger partial charge in [-0.3, -0.25) is 0 Å². The number of nitrogens with one attached hydrogen (secondary N) is 1. The molecule has 0 amide bonds. The number of nitrogens with two attached hydrogens (primary N) is 1. The fourth-order valence-corrected chi connectivity index (χ4v) is 3.60. The van der Waals surface area contributed by atoms with Gasteiger partial charge in [-0.25, -0.2) is 4.99 Å². The molecule has 1 unspecified atom stereocenters. The molecule has 0 spiro atoms. The molecule has 0 radical (unpaired) electrons. The zero-order chi connectivity index (χ0) is 17.6. The van der Waals surface area contributed by atoms with Crippen molar-refractivity contribution >= 4 is 17.3 Å². The second-order valence-electron chi connectivity index (χ2n) is 6.09. The van der Waals surface area contributed by atoms with Gasteiger partial charge in [0.1, 0.15) is 17.6 Å². The maximum absolute atomic E-state index is 5.99. The second-order valence-corrected chi connectivity index (χ2v) is 7.12. The second kappa shape index (κ2) is 8.25. The van der Waals surface area contributed by atoms with E-state index in [0.29, 0.717) is 19.1 Å². The van der Waals surface area contributed by atoms with E-state index < -0.39 is 0 Å². The van der Waals surface area contributed by atoms with Gasteiger partial charge in [0.05, 0.1) is 13.2 Å². The van der Waals surface area contributed by atoms with Crippen LogP contribution < -0.4 is 20.5 Å². The van der Waals surface area contributed by atoms with Crippen molar-refractivity contribution in [2.45, 2.75) is 39.3 Å². The summed E-state index contributed by atoms with van der Waals surface area (Å²) in [6.07, 6.45) is 2.08. The molecule has 1 aliphatic heterocycles. The lowest BCUT2D eigenvalue weighted by Gasteiger charge is -2.12. The Morgan fingerprint density at radius 1 is 1.48 bits per heavy atom. The molecule has 1 aromatic heterocycles. The normalized spacial score (nSPS) is 16.4. The van der Waals surface area contributed by atoms with E-state index in [1.54, 1.807) is 11.3 Å². The molecule has 0 saturated heterocycles. The maximum Gasteiger partial charge on any atom is 0.188 e. The van der Waals surface area contributed by atoms with E-state index in [0.717, 1.165) is 36.4 Å². The Morgan fingerprint density at radius 2 is 2.36 bits per heavy atom. The first-order valence-electron chi connectivity index (χ1n) is 8.67. The van der Waals surface area contributed by atoms with Crippen LogP contribution in [0.2, 0.25) is 0 Å². The number of benzene rings is 1. The summed E-state index contributed by atoms with van der Waals surface area (Å²) < 4.78 is 11.6. The summed E-state index contributed by atoms with van der Waals surface area (Å²) >= 11 is 1.75. The number of hydrogen-bond donors (Lipinski definition) is 2. The third-order valence-electron chi connectivity index (χ3n) is 4.06. The van der Waals surface area contributed by atoms with Crippen LogP contribution in [0.4, 0.5) is 0 Å². The summed E-state index contributed by atoms with van der Waals surface area (Å²) in [4.78, 5) is 5.79. The quantitative estimate of drug-likeness (QED) is 0.589. The van der Waals surface area contributed by atoms with E-state index in [-0.39, 0.29) is 6.10 Å². The Kier molecular flexibility index (Phi) is 5.81. The summed E-state index contributed by atoms with van der Waals surface area (Å²) in [5.41, 5.74) is 8.19. The van der Waals surface area contributed by atoms with Crippen molar-refractivity contribution in [2.75, 3.05) is 13.2 Å². The third-order valence-corrected chi connectivity index (χ3v) is 4.99. The lowest BCUT2D eigenvalue weighted by atomic mass is 10.1. The van der Waals surface area contributed by atoms with E-state index in [1.165, 1.54) is 10.4 Å². The zero-order valence-corrected chi connectivity index (χ0v) is 15.6. The van der Waals surface area contributed by atoms with Crippen LogP contribution in [0.15, 0.2) is 34.6 Å². The van der Waals surface area contributed by atoms with Gasteiger partial charge in [-0.2, -0.15) is 0 Å². The van der Waals surface area contributed by atoms with E-state index in [4.69, 9.17) is 15.2 Å². The van der Waals surface area contributed by atoms with Crippen molar-refractivity contribution in [3.8, 4) is 11.5 Å². The highest BCUT2D eigenvalue weighted by atomic mass is 32.1. The molecular weight excluding hydrogens is 334 g/mol. The molecule has 2 heterocycles. The molecule has 3 rings (SSSR count). The van der Waals surface area contributed by atoms with E-state index in [9.17, 15) is 0 Å². The molecule has 5 nitrogen and oxygen atoms in total. The third kappa shape index (κ3) is 4.66. The molecule has 0 bridgehead atoms. The van der Waals surface area contributed by atoms with Crippen molar-refractivity contribution in [2.24, 2.45) is 10.7 Å². The predicted molar refractivity (Wildman–Crippen MR) is 103 cm³/mol. The van der Waals surface area contributed by atoms with E-state index >= 15 is 0 Å².